The molecular formula is C13H24O2. The summed E-state index contributed by atoms with van der Waals surface area (Å²) in [6, 6.07) is 0. The van der Waals surface area contributed by atoms with E-state index in [9.17, 15) is 4.79 Å². The molecule has 5 atom stereocenters. The van der Waals surface area contributed by atoms with Gasteiger partial charge in [-0.1, -0.05) is 27.7 Å². The van der Waals surface area contributed by atoms with Crippen molar-refractivity contribution in [3.63, 3.8) is 0 Å². The Morgan fingerprint density at radius 2 is 1.60 bits per heavy atom. The topological polar surface area (TPSA) is 26.3 Å². The van der Waals surface area contributed by atoms with Gasteiger partial charge in [0.2, 0.25) is 0 Å². The Balaban J connectivity index is 2.75. The lowest BCUT2D eigenvalue weighted by Crippen LogP contribution is -2.33. The number of hydrogen-bond acceptors (Lipinski definition) is 2. The first-order chi connectivity index (χ1) is 6.86. The molecule has 0 saturated carbocycles. The summed E-state index contributed by atoms with van der Waals surface area (Å²) in [7, 11) is 0. The summed E-state index contributed by atoms with van der Waals surface area (Å²) in [6.45, 7) is 12.5. The third-order valence-electron chi connectivity index (χ3n) is 4.02. The standard InChI is InChI=1S/C13H24O2/c1-7(2)8(3)13(14)12-9(4)10(5)15-11(12)6/h7-12H,1-6H3. The third-order valence-corrected chi connectivity index (χ3v) is 4.02. The van der Waals surface area contributed by atoms with Crippen molar-refractivity contribution in [3.8, 4) is 0 Å². The molecule has 1 saturated heterocycles. The predicted molar refractivity (Wildman–Crippen MR) is 61.7 cm³/mol. The van der Waals surface area contributed by atoms with E-state index < -0.39 is 0 Å². The maximum atomic E-state index is 12.3. The largest absolute Gasteiger partial charge is 0.375 e. The SMILES string of the molecule is CC(C)C(C)C(=O)C1C(C)OC(C)C1C. The van der Waals surface area contributed by atoms with Gasteiger partial charge in [-0.2, -0.15) is 0 Å². The molecule has 2 nitrogen and oxygen atoms in total. The van der Waals surface area contributed by atoms with E-state index in [1.54, 1.807) is 0 Å². The number of carbonyl (C=O) groups excluding carboxylic acids is 1. The lowest BCUT2D eigenvalue weighted by Gasteiger charge is -2.23. The Morgan fingerprint density at radius 3 is 1.93 bits per heavy atom. The van der Waals surface area contributed by atoms with Gasteiger partial charge in [-0.05, 0) is 25.7 Å². The van der Waals surface area contributed by atoms with E-state index in [1.807, 2.05) is 13.8 Å². The number of carbonyl (C=O) groups is 1. The first-order valence-electron chi connectivity index (χ1n) is 6.05. The molecule has 1 fully saturated rings. The molecule has 0 bridgehead atoms. The molecule has 2 heteroatoms. The van der Waals surface area contributed by atoms with Crippen molar-refractivity contribution in [1.82, 2.24) is 0 Å². The number of ketones is 1. The second kappa shape index (κ2) is 4.65. The summed E-state index contributed by atoms with van der Waals surface area (Å²) in [4.78, 5) is 12.3. The summed E-state index contributed by atoms with van der Waals surface area (Å²) in [5.41, 5.74) is 0. The highest BCUT2D eigenvalue weighted by molar-refractivity contribution is 5.84. The molecule has 0 aliphatic carbocycles. The third kappa shape index (κ3) is 2.41. The van der Waals surface area contributed by atoms with E-state index in [0.717, 1.165) is 0 Å². The van der Waals surface area contributed by atoms with Gasteiger partial charge in [0, 0.05) is 11.8 Å². The van der Waals surface area contributed by atoms with Crippen molar-refractivity contribution in [2.24, 2.45) is 23.7 Å². The van der Waals surface area contributed by atoms with E-state index in [1.165, 1.54) is 0 Å². The molecule has 1 aliphatic heterocycles. The molecule has 0 radical (unpaired) electrons. The minimum absolute atomic E-state index is 0.0868. The van der Waals surface area contributed by atoms with Crippen LogP contribution in [0.15, 0.2) is 0 Å². The summed E-state index contributed by atoms with van der Waals surface area (Å²) < 4.78 is 5.72. The second-order valence-electron chi connectivity index (χ2n) is 5.37. The zero-order chi connectivity index (χ0) is 11.7. The molecule has 0 spiro atoms. The fraction of sp³-hybridized carbons (Fsp3) is 0.923. The highest BCUT2D eigenvalue weighted by Crippen LogP contribution is 2.35. The molecule has 1 aliphatic rings. The van der Waals surface area contributed by atoms with Crippen LogP contribution < -0.4 is 0 Å². The maximum absolute atomic E-state index is 12.3. The van der Waals surface area contributed by atoms with Gasteiger partial charge in [-0.25, -0.2) is 0 Å². The van der Waals surface area contributed by atoms with Crippen LogP contribution in [-0.2, 0) is 9.53 Å². The number of hydrogen-bond donors (Lipinski definition) is 0. The minimum atomic E-state index is 0.0868. The van der Waals surface area contributed by atoms with E-state index in [0.29, 0.717) is 17.6 Å². The summed E-state index contributed by atoms with van der Waals surface area (Å²) in [5, 5.41) is 0. The van der Waals surface area contributed by atoms with Crippen LogP contribution in [-0.4, -0.2) is 18.0 Å². The zero-order valence-corrected chi connectivity index (χ0v) is 10.8. The van der Waals surface area contributed by atoms with Crippen LogP contribution in [0, 0.1) is 23.7 Å². The first kappa shape index (κ1) is 12.7. The Morgan fingerprint density at radius 1 is 1.07 bits per heavy atom. The van der Waals surface area contributed by atoms with E-state index >= 15 is 0 Å². The van der Waals surface area contributed by atoms with Crippen LogP contribution in [0.2, 0.25) is 0 Å². The fourth-order valence-electron chi connectivity index (χ4n) is 2.39. The van der Waals surface area contributed by atoms with Crippen molar-refractivity contribution in [3.05, 3.63) is 0 Å². The quantitative estimate of drug-likeness (QED) is 0.719. The van der Waals surface area contributed by atoms with Crippen LogP contribution in [0.3, 0.4) is 0 Å². The van der Waals surface area contributed by atoms with Gasteiger partial charge in [0.1, 0.15) is 5.78 Å². The molecule has 0 aromatic heterocycles. The zero-order valence-electron chi connectivity index (χ0n) is 10.8. The lowest BCUT2D eigenvalue weighted by atomic mass is 9.78. The van der Waals surface area contributed by atoms with Crippen molar-refractivity contribution in [2.45, 2.75) is 53.8 Å². The molecule has 0 aromatic carbocycles. The van der Waals surface area contributed by atoms with E-state index in [4.69, 9.17) is 4.74 Å². The van der Waals surface area contributed by atoms with Gasteiger partial charge in [-0.3, -0.25) is 4.79 Å². The molecule has 0 aromatic rings. The number of Topliss-reactive ketones (excluding diaryl/α,β-unsaturated/α-hetero) is 1. The van der Waals surface area contributed by atoms with E-state index in [2.05, 4.69) is 27.7 Å². The number of ether oxygens (including phenoxy) is 1. The monoisotopic (exact) mass is 212 g/mol. The smallest absolute Gasteiger partial charge is 0.141 e. The number of rotatable bonds is 3. The highest BCUT2D eigenvalue weighted by Gasteiger charge is 2.42. The summed E-state index contributed by atoms with van der Waals surface area (Å²) >= 11 is 0. The van der Waals surface area contributed by atoms with Gasteiger partial charge < -0.3 is 4.74 Å². The van der Waals surface area contributed by atoms with Gasteiger partial charge >= 0.3 is 0 Å². The average molecular weight is 212 g/mol. The molecule has 88 valence electrons. The Labute approximate surface area is 93.4 Å². The normalized spacial score (nSPS) is 38.3. The van der Waals surface area contributed by atoms with Gasteiger partial charge in [0.15, 0.2) is 0 Å². The molecule has 1 rings (SSSR count). The Bertz CT molecular complexity index is 235. The summed E-state index contributed by atoms with van der Waals surface area (Å²) in [6.07, 6.45) is 0.303. The second-order valence-corrected chi connectivity index (χ2v) is 5.37. The highest BCUT2D eigenvalue weighted by atomic mass is 16.5. The average Bonchev–Trinajstić information content (AvgIpc) is 2.39. The van der Waals surface area contributed by atoms with Gasteiger partial charge in [-0.15, -0.1) is 0 Å². The first-order valence-corrected chi connectivity index (χ1v) is 6.05. The van der Waals surface area contributed by atoms with Crippen LogP contribution in [0.25, 0.3) is 0 Å². The molecule has 0 N–H and O–H groups in total. The van der Waals surface area contributed by atoms with Gasteiger partial charge in [0.05, 0.1) is 12.2 Å². The summed E-state index contributed by atoms with van der Waals surface area (Å²) in [5.74, 6) is 1.40. The molecule has 1 heterocycles. The van der Waals surface area contributed by atoms with Crippen LogP contribution in [0.4, 0.5) is 0 Å². The minimum Gasteiger partial charge on any atom is -0.375 e. The van der Waals surface area contributed by atoms with Crippen LogP contribution >= 0.6 is 0 Å². The lowest BCUT2D eigenvalue weighted by molar-refractivity contribution is -0.129. The van der Waals surface area contributed by atoms with Crippen molar-refractivity contribution >= 4 is 5.78 Å². The van der Waals surface area contributed by atoms with Crippen LogP contribution in [0.1, 0.15) is 41.5 Å². The molecule has 15 heavy (non-hydrogen) atoms. The molecule has 5 unspecified atom stereocenters. The predicted octanol–water partition coefficient (Wildman–Crippen LogP) is 2.91. The molecular weight excluding hydrogens is 188 g/mol. The van der Waals surface area contributed by atoms with Crippen LogP contribution in [0.5, 0.6) is 0 Å². The Kier molecular flexibility index (Phi) is 3.93. The van der Waals surface area contributed by atoms with Crippen molar-refractivity contribution < 1.29 is 9.53 Å². The molecule has 0 amide bonds. The van der Waals surface area contributed by atoms with Gasteiger partial charge in [0.25, 0.3) is 0 Å². The maximum Gasteiger partial charge on any atom is 0.141 e. The Hall–Kier alpha value is -0.370. The van der Waals surface area contributed by atoms with Crippen molar-refractivity contribution in [1.29, 1.82) is 0 Å². The fourth-order valence-corrected chi connectivity index (χ4v) is 2.39. The van der Waals surface area contributed by atoms with E-state index in [-0.39, 0.29) is 24.0 Å². The van der Waals surface area contributed by atoms with Crippen molar-refractivity contribution in [2.75, 3.05) is 0 Å².